The van der Waals surface area contributed by atoms with Gasteiger partial charge in [-0.1, -0.05) is 27.2 Å². The maximum atomic E-state index is 4.68. The highest BCUT2D eigenvalue weighted by Crippen LogP contribution is 2.18. The molecule has 1 aromatic rings. The average molecular weight is 277 g/mol. The molecule has 20 heavy (non-hydrogen) atoms. The molecule has 0 bridgehead atoms. The fraction of sp³-hybridized carbons (Fsp3) is 0.706. The van der Waals surface area contributed by atoms with Crippen molar-refractivity contribution in [3.05, 3.63) is 23.4 Å². The van der Waals surface area contributed by atoms with Crippen LogP contribution >= 0.6 is 0 Å². The Morgan fingerprint density at radius 3 is 2.55 bits per heavy atom. The zero-order chi connectivity index (χ0) is 15.1. The van der Waals surface area contributed by atoms with Crippen LogP contribution in [0.25, 0.3) is 0 Å². The van der Waals surface area contributed by atoms with Gasteiger partial charge in [-0.05, 0) is 50.4 Å². The van der Waals surface area contributed by atoms with E-state index in [1.165, 1.54) is 18.4 Å². The van der Waals surface area contributed by atoms with Gasteiger partial charge in [-0.25, -0.2) is 4.98 Å². The van der Waals surface area contributed by atoms with E-state index in [4.69, 9.17) is 0 Å². The predicted octanol–water partition coefficient (Wildman–Crippen LogP) is 3.76. The van der Waals surface area contributed by atoms with E-state index in [0.717, 1.165) is 24.6 Å². The molecule has 0 saturated carbocycles. The minimum Gasteiger partial charge on any atom is -0.357 e. The maximum absolute atomic E-state index is 4.68. The highest BCUT2D eigenvalue weighted by atomic mass is 15.2. The van der Waals surface area contributed by atoms with Crippen molar-refractivity contribution in [1.82, 2.24) is 10.3 Å². The summed E-state index contributed by atoms with van der Waals surface area (Å²) in [6, 6.07) is 4.92. The number of aromatic nitrogens is 1. The Morgan fingerprint density at radius 1 is 1.25 bits per heavy atom. The largest absolute Gasteiger partial charge is 0.357 e. The molecule has 0 aromatic carbocycles. The summed E-state index contributed by atoms with van der Waals surface area (Å²) in [6.07, 6.45) is 2.41. The Morgan fingerprint density at radius 2 is 1.95 bits per heavy atom. The third kappa shape index (κ3) is 5.49. The lowest BCUT2D eigenvalue weighted by atomic mass is 10.1. The lowest BCUT2D eigenvalue weighted by Gasteiger charge is -2.26. The molecule has 3 heteroatoms. The van der Waals surface area contributed by atoms with Crippen molar-refractivity contribution < 1.29 is 0 Å². The SMILES string of the molecule is CCCC(C)N(C)c1cc(CNCC(C)C)cc(C)n1. The summed E-state index contributed by atoms with van der Waals surface area (Å²) in [5.74, 6) is 1.77. The highest BCUT2D eigenvalue weighted by molar-refractivity contribution is 5.42. The van der Waals surface area contributed by atoms with Crippen molar-refractivity contribution in [2.75, 3.05) is 18.5 Å². The van der Waals surface area contributed by atoms with Crippen LogP contribution < -0.4 is 10.2 Å². The van der Waals surface area contributed by atoms with Gasteiger partial charge in [-0.2, -0.15) is 0 Å². The zero-order valence-corrected chi connectivity index (χ0v) is 14.0. The van der Waals surface area contributed by atoms with Crippen molar-refractivity contribution in [3.63, 3.8) is 0 Å². The number of anilines is 1. The van der Waals surface area contributed by atoms with E-state index < -0.39 is 0 Å². The summed E-state index contributed by atoms with van der Waals surface area (Å²) >= 11 is 0. The van der Waals surface area contributed by atoms with E-state index in [2.05, 4.69) is 69.0 Å². The Kier molecular flexibility index (Phi) is 7.00. The van der Waals surface area contributed by atoms with Crippen LogP contribution in [0.1, 0.15) is 51.8 Å². The molecule has 0 aliphatic heterocycles. The maximum Gasteiger partial charge on any atom is 0.129 e. The predicted molar refractivity (Wildman–Crippen MR) is 88.3 cm³/mol. The molecule has 1 aromatic heterocycles. The summed E-state index contributed by atoms with van der Waals surface area (Å²) < 4.78 is 0. The smallest absolute Gasteiger partial charge is 0.129 e. The zero-order valence-electron chi connectivity index (χ0n) is 14.0. The standard InChI is InChI=1S/C17H31N3/c1-7-8-15(5)20(6)17-10-16(9-14(4)19-17)12-18-11-13(2)3/h9-10,13,15,18H,7-8,11-12H2,1-6H3. The fourth-order valence-corrected chi connectivity index (χ4v) is 2.35. The number of aryl methyl sites for hydroxylation is 1. The Hall–Kier alpha value is -1.09. The molecule has 0 spiro atoms. The van der Waals surface area contributed by atoms with Crippen molar-refractivity contribution in [1.29, 1.82) is 0 Å². The van der Waals surface area contributed by atoms with E-state index in [-0.39, 0.29) is 0 Å². The molecule has 1 heterocycles. The Balaban J connectivity index is 2.74. The molecule has 0 radical (unpaired) electrons. The van der Waals surface area contributed by atoms with Crippen molar-refractivity contribution in [2.45, 2.75) is 60.0 Å². The van der Waals surface area contributed by atoms with E-state index in [1.807, 2.05) is 0 Å². The summed E-state index contributed by atoms with van der Waals surface area (Å²) in [6.45, 7) is 13.0. The van der Waals surface area contributed by atoms with E-state index in [1.54, 1.807) is 0 Å². The third-order valence-electron chi connectivity index (χ3n) is 3.61. The van der Waals surface area contributed by atoms with Gasteiger partial charge in [0.25, 0.3) is 0 Å². The number of hydrogen-bond donors (Lipinski definition) is 1. The molecule has 114 valence electrons. The molecule has 0 aliphatic rings. The van der Waals surface area contributed by atoms with Crippen molar-refractivity contribution >= 4 is 5.82 Å². The van der Waals surface area contributed by atoms with E-state index in [0.29, 0.717) is 12.0 Å². The van der Waals surface area contributed by atoms with Crippen LogP contribution in [-0.2, 0) is 6.54 Å². The van der Waals surface area contributed by atoms with Crippen LogP contribution in [0.3, 0.4) is 0 Å². The minimum absolute atomic E-state index is 0.533. The number of rotatable bonds is 8. The molecule has 3 nitrogen and oxygen atoms in total. The molecule has 1 N–H and O–H groups in total. The molecular weight excluding hydrogens is 246 g/mol. The summed E-state index contributed by atoms with van der Waals surface area (Å²) in [5.41, 5.74) is 2.42. The average Bonchev–Trinajstić information content (AvgIpc) is 2.37. The Labute approximate surface area is 124 Å². The first-order valence-corrected chi connectivity index (χ1v) is 7.85. The second kappa shape index (κ2) is 8.25. The first-order valence-electron chi connectivity index (χ1n) is 7.85. The van der Waals surface area contributed by atoms with Crippen LogP contribution in [-0.4, -0.2) is 24.6 Å². The van der Waals surface area contributed by atoms with Crippen LogP contribution in [0, 0.1) is 12.8 Å². The van der Waals surface area contributed by atoms with Gasteiger partial charge in [-0.15, -0.1) is 0 Å². The number of nitrogens with zero attached hydrogens (tertiary/aromatic N) is 2. The summed E-state index contributed by atoms with van der Waals surface area (Å²) in [5, 5.41) is 3.50. The first-order chi connectivity index (χ1) is 9.43. The topological polar surface area (TPSA) is 28.2 Å². The quantitative estimate of drug-likeness (QED) is 0.784. The summed E-state index contributed by atoms with van der Waals surface area (Å²) in [7, 11) is 2.15. The molecule has 0 fully saturated rings. The lowest BCUT2D eigenvalue weighted by Crippen LogP contribution is -2.29. The lowest BCUT2D eigenvalue weighted by molar-refractivity contribution is 0.551. The normalized spacial score (nSPS) is 12.8. The number of pyridine rings is 1. The van der Waals surface area contributed by atoms with Gasteiger partial charge in [-0.3, -0.25) is 0 Å². The fourth-order valence-electron chi connectivity index (χ4n) is 2.35. The second-order valence-electron chi connectivity index (χ2n) is 6.25. The van der Waals surface area contributed by atoms with Gasteiger partial charge >= 0.3 is 0 Å². The van der Waals surface area contributed by atoms with Crippen LogP contribution in [0.5, 0.6) is 0 Å². The monoisotopic (exact) mass is 277 g/mol. The van der Waals surface area contributed by atoms with Crippen molar-refractivity contribution in [3.8, 4) is 0 Å². The molecule has 1 atom stereocenters. The number of hydrogen-bond acceptors (Lipinski definition) is 3. The third-order valence-corrected chi connectivity index (χ3v) is 3.61. The van der Waals surface area contributed by atoms with Crippen LogP contribution in [0.2, 0.25) is 0 Å². The molecule has 0 amide bonds. The van der Waals surface area contributed by atoms with Crippen LogP contribution in [0.15, 0.2) is 12.1 Å². The molecule has 0 saturated heterocycles. The van der Waals surface area contributed by atoms with Gasteiger partial charge in [0.15, 0.2) is 0 Å². The molecule has 1 rings (SSSR count). The molecular formula is C17H31N3. The highest BCUT2D eigenvalue weighted by Gasteiger charge is 2.11. The second-order valence-corrected chi connectivity index (χ2v) is 6.25. The Bertz CT molecular complexity index is 401. The molecule has 1 unspecified atom stereocenters. The van der Waals surface area contributed by atoms with Crippen LogP contribution in [0.4, 0.5) is 5.82 Å². The van der Waals surface area contributed by atoms with E-state index >= 15 is 0 Å². The van der Waals surface area contributed by atoms with Gasteiger partial charge in [0.2, 0.25) is 0 Å². The van der Waals surface area contributed by atoms with Gasteiger partial charge in [0.05, 0.1) is 0 Å². The summed E-state index contributed by atoms with van der Waals surface area (Å²) in [4.78, 5) is 6.97. The number of nitrogens with one attached hydrogen (secondary N) is 1. The van der Waals surface area contributed by atoms with Gasteiger partial charge in [0.1, 0.15) is 5.82 Å². The van der Waals surface area contributed by atoms with E-state index in [9.17, 15) is 0 Å². The first kappa shape index (κ1) is 17.0. The van der Waals surface area contributed by atoms with Crippen molar-refractivity contribution in [2.24, 2.45) is 5.92 Å². The molecule has 0 aliphatic carbocycles. The van der Waals surface area contributed by atoms with Gasteiger partial charge in [0, 0.05) is 25.3 Å². The van der Waals surface area contributed by atoms with Gasteiger partial charge < -0.3 is 10.2 Å². The minimum atomic E-state index is 0.533.